The zero-order valence-corrected chi connectivity index (χ0v) is 8.21. The number of benzene rings is 1. The molecule has 1 unspecified atom stereocenters. The molecule has 0 aliphatic heterocycles. The molecule has 4 nitrogen and oxygen atoms in total. The van der Waals surface area contributed by atoms with Crippen molar-refractivity contribution in [3.63, 3.8) is 0 Å². The van der Waals surface area contributed by atoms with Crippen molar-refractivity contribution in [2.45, 2.75) is 6.04 Å². The normalized spacial score (nSPS) is 11.1. The van der Waals surface area contributed by atoms with E-state index in [1.165, 1.54) is 0 Å². The van der Waals surface area contributed by atoms with Gasteiger partial charge in [0.15, 0.2) is 0 Å². The molecule has 0 fully saturated rings. The Morgan fingerprint density at radius 2 is 2.20 bits per heavy atom. The number of terminal acetylenes is 1. The van der Waals surface area contributed by atoms with Crippen LogP contribution in [0.5, 0.6) is 0 Å². The molecule has 0 aliphatic carbocycles. The highest BCUT2D eigenvalue weighted by Gasteiger charge is 2.08. The summed E-state index contributed by atoms with van der Waals surface area (Å²) in [6, 6.07) is 9.13. The van der Waals surface area contributed by atoms with Crippen LogP contribution in [-0.4, -0.2) is 13.2 Å². The molecule has 0 aliphatic rings. The van der Waals surface area contributed by atoms with Gasteiger partial charge in [-0.25, -0.2) is 0 Å². The van der Waals surface area contributed by atoms with Gasteiger partial charge in [0.2, 0.25) is 0 Å². The van der Waals surface area contributed by atoms with Gasteiger partial charge in [0.05, 0.1) is 12.6 Å². The molecule has 4 heteroatoms. The Morgan fingerprint density at radius 3 is 2.80 bits per heavy atom. The fraction of sp³-hybridized carbons (Fsp3) is 0.273. The highest BCUT2D eigenvalue weighted by Crippen LogP contribution is 2.17. The van der Waals surface area contributed by atoms with Gasteiger partial charge in [-0.3, -0.25) is 0 Å². The Balaban J connectivity index is 2.67. The van der Waals surface area contributed by atoms with Gasteiger partial charge < -0.3 is 4.74 Å². The van der Waals surface area contributed by atoms with Crippen LogP contribution in [-0.2, 0) is 4.74 Å². The molecule has 0 saturated heterocycles. The Hall–Kier alpha value is -1.95. The van der Waals surface area contributed by atoms with Gasteiger partial charge in [0.1, 0.15) is 6.61 Å². The molecule has 0 heterocycles. The standard InChI is InChI=1S/C11H11N3O/c1-2-8-15-9-11(13-14-12)10-6-4-3-5-7-10/h1,3-7,11H,8-9H2. The predicted molar refractivity (Wildman–Crippen MR) is 58.0 cm³/mol. The summed E-state index contributed by atoms with van der Waals surface area (Å²) in [6.07, 6.45) is 5.05. The minimum atomic E-state index is -0.315. The van der Waals surface area contributed by atoms with Crippen LogP contribution in [0.25, 0.3) is 10.4 Å². The van der Waals surface area contributed by atoms with Crippen molar-refractivity contribution < 1.29 is 4.74 Å². The topological polar surface area (TPSA) is 58.0 Å². The van der Waals surface area contributed by atoms with Gasteiger partial charge in [-0.05, 0) is 11.1 Å². The van der Waals surface area contributed by atoms with Crippen molar-refractivity contribution in [1.29, 1.82) is 0 Å². The maximum absolute atomic E-state index is 8.42. The van der Waals surface area contributed by atoms with E-state index in [9.17, 15) is 0 Å². The number of ether oxygens (including phenoxy) is 1. The second-order valence-corrected chi connectivity index (χ2v) is 2.85. The average Bonchev–Trinajstić information content (AvgIpc) is 2.29. The Labute approximate surface area is 88.5 Å². The summed E-state index contributed by atoms with van der Waals surface area (Å²) in [6.45, 7) is 0.530. The lowest BCUT2D eigenvalue weighted by Gasteiger charge is -2.10. The van der Waals surface area contributed by atoms with Gasteiger partial charge in [0.25, 0.3) is 0 Å². The summed E-state index contributed by atoms with van der Waals surface area (Å²) >= 11 is 0. The number of nitrogens with zero attached hydrogens (tertiary/aromatic N) is 3. The van der Waals surface area contributed by atoms with Crippen LogP contribution in [0.2, 0.25) is 0 Å². The fourth-order valence-electron chi connectivity index (χ4n) is 1.16. The van der Waals surface area contributed by atoms with Crippen molar-refractivity contribution in [2.24, 2.45) is 5.11 Å². The molecule has 1 aromatic rings. The molecule has 0 spiro atoms. The highest BCUT2D eigenvalue weighted by molar-refractivity contribution is 5.19. The van der Waals surface area contributed by atoms with Crippen LogP contribution in [0, 0.1) is 12.3 Å². The lowest BCUT2D eigenvalue weighted by atomic mass is 10.1. The monoisotopic (exact) mass is 201 g/mol. The van der Waals surface area contributed by atoms with Gasteiger partial charge in [-0.2, -0.15) is 0 Å². The maximum atomic E-state index is 8.42. The molecule has 1 rings (SSSR count). The van der Waals surface area contributed by atoms with E-state index in [1.54, 1.807) is 0 Å². The molecule has 0 saturated carbocycles. The quantitative estimate of drug-likeness (QED) is 0.237. The molecular formula is C11H11N3O. The summed E-state index contributed by atoms with van der Waals surface area (Å²) in [5.41, 5.74) is 9.34. The van der Waals surface area contributed by atoms with E-state index in [0.29, 0.717) is 6.61 Å². The Bertz CT molecular complexity index is 377. The molecule has 1 atom stereocenters. The lowest BCUT2D eigenvalue weighted by Crippen LogP contribution is -2.05. The molecule has 0 bridgehead atoms. The minimum absolute atomic E-state index is 0.226. The SMILES string of the molecule is C#CCOCC(N=[N+]=[N-])c1ccccc1. The van der Waals surface area contributed by atoms with Gasteiger partial charge in [-0.1, -0.05) is 41.4 Å². The first kappa shape index (κ1) is 11.1. The number of hydrogen-bond donors (Lipinski definition) is 0. The summed E-state index contributed by atoms with van der Waals surface area (Å²) in [5, 5.41) is 3.65. The van der Waals surface area contributed by atoms with E-state index in [4.69, 9.17) is 16.7 Å². The summed E-state index contributed by atoms with van der Waals surface area (Å²) in [5.74, 6) is 2.36. The van der Waals surface area contributed by atoms with E-state index in [0.717, 1.165) is 5.56 Å². The number of rotatable bonds is 5. The van der Waals surface area contributed by atoms with E-state index >= 15 is 0 Å². The van der Waals surface area contributed by atoms with Crippen molar-refractivity contribution >= 4 is 0 Å². The van der Waals surface area contributed by atoms with Crippen LogP contribution in [0.1, 0.15) is 11.6 Å². The van der Waals surface area contributed by atoms with E-state index in [-0.39, 0.29) is 12.6 Å². The second kappa shape index (κ2) is 6.50. The zero-order chi connectivity index (χ0) is 10.9. The molecule has 0 aromatic heterocycles. The molecule has 15 heavy (non-hydrogen) atoms. The van der Waals surface area contributed by atoms with E-state index in [1.807, 2.05) is 30.3 Å². The smallest absolute Gasteiger partial charge is 0.107 e. The Morgan fingerprint density at radius 1 is 1.47 bits per heavy atom. The first-order chi connectivity index (χ1) is 7.38. The fourth-order valence-corrected chi connectivity index (χ4v) is 1.16. The minimum Gasteiger partial charge on any atom is -0.368 e. The van der Waals surface area contributed by atoms with Crippen molar-refractivity contribution in [3.8, 4) is 12.3 Å². The molecule has 0 radical (unpaired) electrons. The number of hydrogen-bond acceptors (Lipinski definition) is 2. The van der Waals surface area contributed by atoms with Crippen LogP contribution in [0.4, 0.5) is 0 Å². The van der Waals surface area contributed by atoms with Gasteiger partial charge >= 0.3 is 0 Å². The van der Waals surface area contributed by atoms with Crippen LogP contribution in [0.3, 0.4) is 0 Å². The Kier molecular flexibility index (Phi) is 4.82. The van der Waals surface area contributed by atoms with Crippen LogP contribution < -0.4 is 0 Å². The third-order valence-corrected chi connectivity index (χ3v) is 1.84. The lowest BCUT2D eigenvalue weighted by molar-refractivity contribution is 0.152. The van der Waals surface area contributed by atoms with E-state index < -0.39 is 0 Å². The first-order valence-electron chi connectivity index (χ1n) is 4.49. The summed E-state index contributed by atoms with van der Waals surface area (Å²) in [4.78, 5) is 2.78. The van der Waals surface area contributed by atoms with Crippen LogP contribution >= 0.6 is 0 Å². The third kappa shape index (κ3) is 3.74. The van der Waals surface area contributed by atoms with Crippen molar-refractivity contribution in [3.05, 3.63) is 46.3 Å². The molecule has 0 amide bonds. The van der Waals surface area contributed by atoms with E-state index in [2.05, 4.69) is 15.9 Å². The number of azide groups is 1. The third-order valence-electron chi connectivity index (χ3n) is 1.84. The zero-order valence-electron chi connectivity index (χ0n) is 8.21. The molecular weight excluding hydrogens is 190 g/mol. The molecule has 1 aromatic carbocycles. The second-order valence-electron chi connectivity index (χ2n) is 2.85. The van der Waals surface area contributed by atoms with Crippen molar-refractivity contribution in [1.82, 2.24) is 0 Å². The van der Waals surface area contributed by atoms with Crippen molar-refractivity contribution in [2.75, 3.05) is 13.2 Å². The van der Waals surface area contributed by atoms with Crippen LogP contribution in [0.15, 0.2) is 35.4 Å². The largest absolute Gasteiger partial charge is 0.368 e. The molecule has 0 N–H and O–H groups in total. The first-order valence-corrected chi connectivity index (χ1v) is 4.49. The van der Waals surface area contributed by atoms with Gasteiger partial charge in [0, 0.05) is 4.91 Å². The summed E-state index contributed by atoms with van der Waals surface area (Å²) < 4.78 is 5.15. The maximum Gasteiger partial charge on any atom is 0.107 e. The summed E-state index contributed by atoms with van der Waals surface area (Å²) in [7, 11) is 0. The van der Waals surface area contributed by atoms with Gasteiger partial charge in [-0.15, -0.1) is 6.42 Å². The predicted octanol–water partition coefficient (Wildman–Crippen LogP) is 2.69. The highest BCUT2D eigenvalue weighted by atomic mass is 16.5. The average molecular weight is 201 g/mol. The molecule has 76 valence electrons.